The van der Waals surface area contributed by atoms with Gasteiger partial charge >= 0.3 is 0 Å². The highest BCUT2D eigenvalue weighted by molar-refractivity contribution is 9.10. The molecule has 0 amide bonds. The van der Waals surface area contributed by atoms with Crippen molar-refractivity contribution in [1.29, 1.82) is 0 Å². The van der Waals surface area contributed by atoms with E-state index in [-0.39, 0.29) is 5.82 Å². The van der Waals surface area contributed by atoms with Gasteiger partial charge in [-0.25, -0.2) is 4.39 Å². The molecule has 0 aromatic heterocycles. The molecule has 1 aromatic carbocycles. The molecule has 0 saturated carbocycles. The van der Waals surface area contributed by atoms with Crippen LogP contribution in [0.5, 0.6) is 0 Å². The molecule has 0 saturated heterocycles. The number of benzene rings is 1. The number of hydrogen-bond acceptors (Lipinski definition) is 2. The molecule has 0 bridgehead atoms. The van der Waals surface area contributed by atoms with Crippen molar-refractivity contribution in [2.24, 2.45) is 11.7 Å². The van der Waals surface area contributed by atoms with Crippen LogP contribution in [0.4, 0.5) is 4.39 Å². The van der Waals surface area contributed by atoms with Crippen LogP contribution < -0.4 is 11.1 Å². The molecule has 1 rings (SSSR count). The minimum atomic E-state index is -0.164. The second kappa shape index (κ2) is 6.99. The summed E-state index contributed by atoms with van der Waals surface area (Å²) in [5.74, 6) is 0.349. The first-order valence-electron chi connectivity index (χ1n) is 5.48. The number of nitrogens with two attached hydrogens (primary N) is 1. The van der Waals surface area contributed by atoms with Crippen molar-refractivity contribution in [2.45, 2.75) is 19.9 Å². The molecular weight excluding hydrogens is 271 g/mol. The maximum absolute atomic E-state index is 13.3. The molecule has 0 heterocycles. The highest BCUT2D eigenvalue weighted by Crippen LogP contribution is 2.15. The highest BCUT2D eigenvalue weighted by Gasteiger charge is 2.03. The Labute approximate surface area is 105 Å². The van der Waals surface area contributed by atoms with Crippen LogP contribution >= 0.6 is 15.9 Å². The number of halogens is 2. The van der Waals surface area contributed by atoms with E-state index in [1.807, 2.05) is 0 Å². The van der Waals surface area contributed by atoms with Crippen molar-refractivity contribution in [3.63, 3.8) is 0 Å². The Bertz CT molecular complexity index is 331. The van der Waals surface area contributed by atoms with Crippen molar-refractivity contribution in [2.75, 3.05) is 13.1 Å². The van der Waals surface area contributed by atoms with Gasteiger partial charge in [0.1, 0.15) is 5.82 Å². The monoisotopic (exact) mass is 288 g/mol. The van der Waals surface area contributed by atoms with Gasteiger partial charge in [-0.1, -0.05) is 22.9 Å². The van der Waals surface area contributed by atoms with E-state index < -0.39 is 0 Å². The zero-order valence-corrected chi connectivity index (χ0v) is 11.1. The Morgan fingerprint density at radius 1 is 1.50 bits per heavy atom. The van der Waals surface area contributed by atoms with Crippen molar-refractivity contribution in [1.82, 2.24) is 5.32 Å². The molecule has 16 heavy (non-hydrogen) atoms. The molecule has 4 heteroatoms. The Hall–Kier alpha value is -0.450. The lowest BCUT2D eigenvalue weighted by molar-refractivity contribution is 0.503. The van der Waals surface area contributed by atoms with Gasteiger partial charge < -0.3 is 11.1 Å². The van der Waals surface area contributed by atoms with E-state index in [0.29, 0.717) is 24.6 Å². The minimum absolute atomic E-state index is 0.164. The van der Waals surface area contributed by atoms with Gasteiger partial charge in [-0.05, 0) is 43.6 Å². The summed E-state index contributed by atoms with van der Waals surface area (Å²) in [7, 11) is 0. The average molecular weight is 289 g/mol. The summed E-state index contributed by atoms with van der Waals surface area (Å²) in [6.07, 6.45) is 1.02. The smallest absolute Gasteiger partial charge is 0.127 e. The Morgan fingerprint density at radius 3 is 2.94 bits per heavy atom. The predicted molar refractivity (Wildman–Crippen MR) is 68.6 cm³/mol. The van der Waals surface area contributed by atoms with Crippen LogP contribution in [-0.2, 0) is 6.54 Å². The first-order valence-corrected chi connectivity index (χ1v) is 6.27. The molecule has 0 spiro atoms. The summed E-state index contributed by atoms with van der Waals surface area (Å²) in [6.45, 7) is 4.24. The predicted octanol–water partition coefficient (Wildman–Crippen LogP) is 2.66. The summed E-state index contributed by atoms with van der Waals surface area (Å²) in [6, 6.07) is 4.98. The van der Waals surface area contributed by atoms with Crippen molar-refractivity contribution in [3.8, 4) is 0 Å². The van der Waals surface area contributed by atoms with Crippen molar-refractivity contribution < 1.29 is 4.39 Å². The van der Waals surface area contributed by atoms with Crippen LogP contribution in [0.25, 0.3) is 0 Å². The zero-order valence-electron chi connectivity index (χ0n) is 9.47. The number of hydrogen-bond donors (Lipinski definition) is 2. The first-order chi connectivity index (χ1) is 7.63. The Kier molecular flexibility index (Phi) is 5.95. The lowest BCUT2D eigenvalue weighted by atomic mass is 10.1. The summed E-state index contributed by atoms with van der Waals surface area (Å²) >= 11 is 3.33. The maximum Gasteiger partial charge on any atom is 0.127 e. The van der Waals surface area contributed by atoms with E-state index in [9.17, 15) is 4.39 Å². The van der Waals surface area contributed by atoms with Crippen LogP contribution in [0, 0.1) is 11.7 Å². The van der Waals surface area contributed by atoms with E-state index in [1.165, 1.54) is 6.07 Å². The molecule has 0 aliphatic carbocycles. The average Bonchev–Trinajstić information content (AvgIpc) is 2.28. The zero-order chi connectivity index (χ0) is 12.0. The molecule has 0 fully saturated rings. The van der Waals surface area contributed by atoms with E-state index in [4.69, 9.17) is 5.73 Å². The molecule has 1 atom stereocenters. The number of nitrogens with one attached hydrogen (secondary N) is 1. The molecule has 0 radical (unpaired) electrons. The molecule has 2 nitrogen and oxygen atoms in total. The van der Waals surface area contributed by atoms with Crippen LogP contribution in [-0.4, -0.2) is 13.1 Å². The second-order valence-electron chi connectivity index (χ2n) is 4.04. The van der Waals surface area contributed by atoms with E-state index in [0.717, 1.165) is 17.4 Å². The third kappa shape index (κ3) is 4.60. The molecule has 0 aliphatic rings. The van der Waals surface area contributed by atoms with Gasteiger partial charge in [0, 0.05) is 16.6 Å². The quantitative estimate of drug-likeness (QED) is 0.790. The van der Waals surface area contributed by atoms with Crippen molar-refractivity contribution >= 4 is 15.9 Å². The number of rotatable bonds is 6. The fourth-order valence-electron chi connectivity index (χ4n) is 1.37. The van der Waals surface area contributed by atoms with Crippen LogP contribution in [0.1, 0.15) is 18.9 Å². The van der Waals surface area contributed by atoms with E-state index in [2.05, 4.69) is 28.2 Å². The van der Waals surface area contributed by atoms with E-state index in [1.54, 1.807) is 12.1 Å². The summed E-state index contributed by atoms with van der Waals surface area (Å²) in [4.78, 5) is 0. The van der Waals surface area contributed by atoms with E-state index >= 15 is 0 Å². The summed E-state index contributed by atoms with van der Waals surface area (Å²) < 4.78 is 14.2. The molecule has 0 aliphatic heterocycles. The van der Waals surface area contributed by atoms with Gasteiger partial charge in [-0.3, -0.25) is 0 Å². The fourth-order valence-corrected chi connectivity index (χ4v) is 1.78. The second-order valence-corrected chi connectivity index (χ2v) is 4.96. The molecule has 1 unspecified atom stereocenters. The minimum Gasteiger partial charge on any atom is -0.330 e. The SMILES string of the molecule is CC(CN)CCNCc1cc(Br)ccc1F. The molecule has 3 N–H and O–H groups in total. The third-order valence-electron chi connectivity index (χ3n) is 2.54. The lowest BCUT2D eigenvalue weighted by Crippen LogP contribution is -2.20. The standard InChI is InChI=1S/C12H18BrFN2/c1-9(7-15)4-5-16-8-10-6-11(13)2-3-12(10)14/h2-3,6,9,16H,4-5,7-8,15H2,1H3. The highest BCUT2D eigenvalue weighted by atomic mass is 79.9. The van der Waals surface area contributed by atoms with Gasteiger partial charge in [-0.2, -0.15) is 0 Å². The van der Waals surface area contributed by atoms with Crippen LogP contribution in [0.3, 0.4) is 0 Å². The van der Waals surface area contributed by atoms with Gasteiger partial charge in [0.05, 0.1) is 0 Å². The first kappa shape index (κ1) is 13.6. The summed E-state index contributed by atoms with van der Waals surface area (Å²) in [5, 5.41) is 3.22. The van der Waals surface area contributed by atoms with Gasteiger partial charge in [0.15, 0.2) is 0 Å². The third-order valence-corrected chi connectivity index (χ3v) is 3.03. The van der Waals surface area contributed by atoms with Crippen molar-refractivity contribution in [3.05, 3.63) is 34.1 Å². The summed E-state index contributed by atoms with van der Waals surface area (Å²) in [5.41, 5.74) is 6.20. The molecule has 90 valence electrons. The molecule has 1 aromatic rings. The lowest BCUT2D eigenvalue weighted by Gasteiger charge is -2.10. The topological polar surface area (TPSA) is 38.0 Å². The van der Waals surface area contributed by atoms with Crippen LogP contribution in [0.2, 0.25) is 0 Å². The van der Waals surface area contributed by atoms with Gasteiger partial charge in [0.25, 0.3) is 0 Å². The largest absolute Gasteiger partial charge is 0.330 e. The normalized spacial score (nSPS) is 12.8. The molecular formula is C12H18BrFN2. The van der Waals surface area contributed by atoms with Gasteiger partial charge in [0.2, 0.25) is 0 Å². The van der Waals surface area contributed by atoms with Gasteiger partial charge in [-0.15, -0.1) is 0 Å². The maximum atomic E-state index is 13.3. The fraction of sp³-hybridized carbons (Fsp3) is 0.500. The Balaban J connectivity index is 2.34. The Morgan fingerprint density at radius 2 is 2.25 bits per heavy atom. The van der Waals surface area contributed by atoms with Crippen LogP contribution in [0.15, 0.2) is 22.7 Å².